The predicted molar refractivity (Wildman–Crippen MR) is 213 cm³/mol. The Labute approximate surface area is 320 Å². The second-order valence-electron chi connectivity index (χ2n) is 15.8. The molecule has 0 radical (unpaired) electrons. The third kappa shape index (κ3) is 8.17. The molecule has 6 rings (SSSR count). The van der Waals surface area contributed by atoms with Crippen molar-refractivity contribution >= 4 is 37.3 Å². The number of esters is 1. The number of hydrogen-bond acceptors (Lipinski definition) is 10. The van der Waals surface area contributed by atoms with Crippen LogP contribution in [-0.2, 0) is 34.0 Å². The number of likely N-dealkylation sites (N-methyl/N-ethyl adjacent to an activating group) is 1. The van der Waals surface area contributed by atoms with Crippen molar-refractivity contribution in [3.05, 3.63) is 40.8 Å². The van der Waals surface area contributed by atoms with Gasteiger partial charge in [0.15, 0.2) is 20.2 Å². The molecule has 0 spiro atoms. The Bertz CT molecular complexity index is 1970. The molecular weight excluding hydrogens is 703 g/mol. The molecule has 14 heteroatoms. The number of fused-ring (bicyclic) bond motifs is 4. The van der Waals surface area contributed by atoms with Crippen LogP contribution < -0.4 is 9.47 Å². The molecule has 13 nitrogen and oxygen atoms in total. The smallest absolute Gasteiger partial charge is 0.359 e. The molecule has 2 bridgehead atoms. The minimum atomic E-state index is -1.97. The Hall–Kier alpha value is -3.98. The summed E-state index contributed by atoms with van der Waals surface area (Å²) in [6.45, 7) is 23.8. The topological polar surface area (TPSA) is 120 Å². The lowest BCUT2D eigenvalue weighted by Crippen LogP contribution is -2.41. The van der Waals surface area contributed by atoms with Gasteiger partial charge >= 0.3 is 5.97 Å². The summed E-state index contributed by atoms with van der Waals surface area (Å²) in [6, 6.07) is 6.13. The van der Waals surface area contributed by atoms with Crippen LogP contribution >= 0.6 is 0 Å². The van der Waals surface area contributed by atoms with Gasteiger partial charge in [0, 0.05) is 32.1 Å². The first-order valence-corrected chi connectivity index (χ1v) is 22.5. The molecule has 2 aliphatic heterocycles. The third-order valence-corrected chi connectivity index (χ3v) is 15.4. The Balaban J connectivity index is 1.53. The lowest BCUT2D eigenvalue weighted by molar-refractivity contribution is -0.0367. The summed E-state index contributed by atoms with van der Waals surface area (Å²) in [5, 5.41) is 15.9. The largest absolute Gasteiger partial charge is 0.476 e. The standard InChI is InChI=1S/C40H59N7O6Si/c1-11-45-25-27(4)53-38-35(36(42-44(38)8)39(48)50-13-3)28-17-20-32-30(24-28)31(41-47(32)34-16-14-15-22-51-34)19-18-29-33(26-45)46(43-37(29)49-12-2)21-23-52-54(9,10)40(5,6)7/h17-20,24,27,34H,11-16,21-23,25-26H2,1-10H3/b19-18+/t27-,34?/m0/s1. The maximum atomic E-state index is 13.4. The van der Waals surface area contributed by atoms with Gasteiger partial charge in [-0.05, 0) is 94.6 Å². The van der Waals surface area contributed by atoms with E-state index in [1.807, 2.05) is 24.6 Å². The van der Waals surface area contributed by atoms with Gasteiger partial charge in [0.05, 0.1) is 54.4 Å². The van der Waals surface area contributed by atoms with Crippen LogP contribution in [0.5, 0.6) is 11.8 Å². The van der Waals surface area contributed by atoms with Gasteiger partial charge in [-0.2, -0.15) is 10.2 Å². The van der Waals surface area contributed by atoms with Crippen molar-refractivity contribution in [3.63, 3.8) is 0 Å². The Morgan fingerprint density at radius 3 is 2.54 bits per heavy atom. The Kier molecular flexibility index (Phi) is 12.1. The van der Waals surface area contributed by atoms with Gasteiger partial charge in [-0.25, -0.2) is 14.2 Å². The van der Waals surface area contributed by atoms with Crippen LogP contribution in [0, 0.1) is 0 Å². The second kappa shape index (κ2) is 16.4. The van der Waals surface area contributed by atoms with Gasteiger partial charge in [0.1, 0.15) is 6.10 Å². The minimum Gasteiger partial charge on any atom is -0.476 e. The summed E-state index contributed by atoms with van der Waals surface area (Å²) in [5.41, 5.74) is 5.24. The van der Waals surface area contributed by atoms with Gasteiger partial charge in [-0.1, -0.05) is 33.8 Å². The maximum absolute atomic E-state index is 13.4. The number of aromatic nitrogens is 6. The van der Waals surface area contributed by atoms with Crippen molar-refractivity contribution < 1.29 is 28.2 Å². The van der Waals surface area contributed by atoms with Crippen LogP contribution in [0.4, 0.5) is 0 Å². The summed E-state index contributed by atoms with van der Waals surface area (Å²) in [6.07, 6.45) is 6.69. The highest BCUT2D eigenvalue weighted by atomic mass is 28.4. The van der Waals surface area contributed by atoms with E-state index in [2.05, 4.69) is 79.8 Å². The Morgan fingerprint density at radius 1 is 1.06 bits per heavy atom. The Morgan fingerprint density at radius 2 is 1.85 bits per heavy atom. The van der Waals surface area contributed by atoms with Gasteiger partial charge in [-0.15, -0.1) is 5.10 Å². The van der Waals surface area contributed by atoms with E-state index < -0.39 is 14.3 Å². The molecule has 4 aromatic rings. The zero-order valence-electron chi connectivity index (χ0n) is 33.9. The van der Waals surface area contributed by atoms with Crippen LogP contribution in [0.2, 0.25) is 18.1 Å². The van der Waals surface area contributed by atoms with Crippen molar-refractivity contribution in [1.82, 2.24) is 34.2 Å². The molecular formula is C40H59N7O6Si. The van der Waals surface area contributed by atoms with Crippen molar-refractivity contribution in [3.8, 4) is 22.9 Å². The third-order valence-electron chi connectivity index (χ3n) is 10.9. The average molecular weight is 762 g/mol. The summed E-state index contributed by atoms with van der Waals surface area (Å²) in [4.78, 5) is 15.7. The number of aryl methyl sites for hydroxylation is 1. The molecule has 1 unspecified atom stereocenters. The van der Waals surface area contributed by atoms with Crippen molar-refractivity contribution in [1.29, 1.82) is 0 Å². The first-order chi connectivity index (χ1) is 25.8. The maximum Gasteiger partial charge on any atom is 0.359 e. The first-order valence-electron chi connectivity index (χ1n) is 19.6. The average Bonchev–Trinajstić information content (AvgIpc) is 3.77. The molecule has 3 aromatic heterocycles. The molecule has 0 saturated carbocycles. The van der Waals surface area contributed by atoms with Gasteiger partial charge in [0.2, 0.25) is 11.8 Å². The predicted octanol–water partition coefficient (Wildman–Crippen LogP) is 7.70. The molecule has 0 aliphatic carbocycles. The molecule has 0 N–H and O–H groups in total. The number of carbonyl (C=O) groups excluding carboxylic acids is 1. The quantitative estimate of drug-likeness (QED) is 0.117. The van der Waals surface area contributed by atoms with Gasteiger partial charge in [-0.3, -0.25) is 9.58 Å². The number of ether oxygens (including phenoxy) is 4. The van der Waals surface area contributed by atoms with E-state index >= 15 is 0 Å². The number of carbonyl (C=O) groups is 1. The van der Waals surface area contributed by atoms with Crippen LogP contribution in [0.25, 0.3) is 34.2 Å². The summed E-state index contributed by atoms with van der Waals surface area (Å²) in [7, 11) is -0.172. The molecule has 1 fully saturated rings. The molecule has 0 amide bonds. The van der Waals surface area contributed by atoms with E-state index in [1.54, 1.807) is 18.7 Å². The fourth-order valence-corrected chi connectivity index (χ4v) is 7.98. The van der Waals surface area contributed by atoms with E-state index in [0.29, 0.717) is 56.8 Å². The number of nitrogens with zero attached hydrogens (tertiary/aromatic N) is 7. The summed E-state index contributed by atoms with van der Waals surface area (Å²) >= 11 is 0. The molecule has 2 atom stereocenters. The molecule has 54 heavy (non-hydrogen) atoms. The fraction of sp³-hybridized carbons (Fsp3) is 0.600. The lowest BCUT2D eigenvalue weighted by Gasteiger charge is -2.36. The number of rotatable bonds is 10. The summed E-state index contributed by atoms with van der Waals surface area (Å²) in [5.74, 6) is 0.590. The van der Waals surface area contributed by atoms with E-state index in [0.717, 1.165) is 59.2 Å². The second-order valence-corrected chi connectivity index (χ2v) is 20.6. The zero-order chi connectivity index (χ0) is 38.8. The first kappa shape index (κ1) is 39.7. The van der Waals surface area contributed by atoms with Crippen LogP contribution in [0.15, 0.2) is 18.2 Å². The molecule has 2 aliphatic rings. The molecule has 294 valence electrons. The highest BCUT2D eigenvalue weighted by Crippen LogP contribution is 2.39. The van der Waals surface area contributed by atoms with Crippen LogP contribution in [-0.4, -0.2) is 94.1 Å². The molecule has 5 heterocycles. The van der Waals surface area contributed by atoms with Crippen LogP contribution in [0.1, 0.15) is 101 Å². The van der Waals surface area contributed by atoms with Crippen LogP contribution in [0.3, 0.4) is 0 Å². The summed E-state index contributed by atoms with van der Waals surface area (Å²) < 4.78 is 37.0. The molecule has 1 saturated heterocycles. The highest BCUT2D eigenvalue weighted by molar-refractivity contribution is 6.74. The fourth-order valence-electron chi connectivity index (χ4n) is 6.95. The van der Waals surface area contributed by atoms with Gasteiger partial charge in [0.25, 0.3) is 0 Å². The zero-order valence-corrected chi connectivity index (χ0v) is 34.9. The monoisotopic (exact) mass is 761 g/mol. The van der Waals surface area contributed by atoms with E-state index in [-0.39, 0.29) is 29.7 Å². The SMILES string of the molecule is CCOC(=O)c1nn(C)c2c1-c1ccc3c(c1)c(nn3C1CCCCO1)/C=C/c1c(OCC)nn(CCO[Si](C)(C)C(C)(C)C)c1CN(CC)C[C@H](C)O2. The number of hydrogen-bond donors (Lipinski definition) is 0. The van der Waals surface area contributed by atoms with E-state index in [9.17, 15) is 4.79 Å². The minimum absolute atomic E-state index is 0.0999. The van der Waals surface area contributed by atoms with E-state index in [1.165, 1.54) is 0 Å². The normalized spacial score (nSPS) is 19.1. The van der Waals surface area contributed by atoms with Gasteiger partial charge < -0.3 is 23.4 Å². The van der Waals surface area contributed by atoms with Crippen molar-refractivity contribution in [2.45, 2.75) is 111 Å². The van der Waals surface area contributed by atoms with E-state index in [4.69, 9.17) is 33.6 Å². The molecule has 1 aromatic carbocycles. The van der Waals surface area contributed by atoms with Crippen molar-refractivity contribution in [2.75, 3.05) is 39.5 Å². The highest BCUT2D eigenvalue weighted by Gasteiger charge is 2.37. The number of benzene rings is 1. The van der Waals surface area contributed by atoms with Crippen molar-refractivity contribution in [2.24, 2.45) is 7.05 Å². The lowest BCUT2D eigenvalue weighted by atomic mass is 10.0.